The van der Waals surface area contributed by atoms with Gasteiger partial charge < -0.3 is 30.3 Å². The summed E-state index contributed by atoms with van der Waals surface area (Å²) in [5, 5.41) is 1.90. The first kappa shape index (κ1) is 41.9. The lowest BCUT2D eigenvalue weighted by atomic mass is 9.62. The summed E-state index contributed by atoms with van der Waals surface area (Å²) in [7, 11) is 0. The molecule has 2 aliphatic heterocycles. The standard InChI is InChI=1S/C23H26F2N4O3.C21H26N4O2/c24-21(25)22(31)28-15-19(30)16-13-26-20(27-14-16)12-23(6-1-7-23)17-2-4-18(5-3-17)29-8-10-32-11-9-29;22-13-19(26)16-14-23-20(24-15-16)12-21(6-1-7-21)17-2-4-18(5-3-17)25-8-10-27-11-9-25/h2-5,13-14,21H,1,6-12,15H2,(H,28,31);2-5,14-15H,1,6-13,22H2. The Morgan fingerprint density at radius 3 is 1.37 bits per heavy atom. The van der Waals surface area contributed by atoms with Crippen LogP contribution >= 0.6 is 0 Å². The monoisotopic (exact) mass is 810 g/mol. The van der Waals surface area contributed by atoms with Gasteiger partial charge in [0.25, 0.3) is 5.91 Å². The Balaban J connectivity index is 0.000000181. The van der Waals surface area contributed by atoms with Crippen LogP contribution in [0.25, 0.3) is 0 Å². The highest BCUT2D eigenvalue weighted by atomic mass is 19.3. The fourth-order valence-electron chi connectivity index (χ4n) is 8.29. The van der Waals surface area contributed by atoms with Gasteiger partial charge in [-0.1, -0.05) is 37.1 Å². The van der Waals surface area contributed by atoms with Gasteiger partial charge >= 0.3 is 6.43 Å². The number of benzene rings is 2. The van der Waals surface area contributed by atoms with Crippen molar-refractivity contribution in [3.8, 4) is 0 Å². The highest BCUT2D eigenvalue weighted by Crippen LogP contribution is 2.47. The Morgan fingerprint density at radius 2 is 1.03 bits per heavy atom. The summed E-state index contributed by atoms with van der Waals surface area (Å²) in [5.74, 6) is -0.681. The second kappa shape index (κ2) is 19.2. The summed E-state index contributed by atoms with van der Waals surface area (Å²) < 4.78 is 35.3. The van der Waals surface area contributed by atoms with Gasteiger partial charge in [-0.25, -0.2) is 19.9 Å². The number of nitrogens with one attached hydrogen (secondary N) is 1. The second-order valence-electron chi connectivity index (χ2n) is 15.8. The number of halogens is 2. The van der Waals surface area contributed by atoms with Gasteiger partial charge in [-0.2, -0.15) is 8.78 Å². The quantitative estimate of drug-likeness (QED) is 0.170. The van der Waals surface area contributed by atoms with Gasteiger partial charge in [0.2, 0.25) is 0 Å². The normalized spacial score (nSPS) is 18.2. The number of aromatic nitrogens is 4. The molecule has 1 amide bonds. The van der Waals surface area contributed by atoms with Gasteiger partial charge in [0.1, 0.15) is 11.6 Å². The molecule has 13 nitrogen and oxygen atoms in total. The van der Waals surface area contributed by atoms with Crippen molar-refractivity contribution in [1.82, 2.24) is 25.3 Å². The van der Waals surface area contributed by atoms with Crippen LogP contribution in [0, 0.1) is 0 Å². The fraction of sp³-hybridized carbons (Fsp3) is 0.477. The summed E-state index contributed by atoms with van der Waals surface area (Å²) in [5.41, 5.74) is 11.2. The topological polar surface area (TPSA) is 166 Å². The highest BCUT2D eigenvalue weighted by Gasteiger charge is 2.40. The summed E-state index contributed by atoms with van der Waals surface area (Å²) >= 11 is 0. The Labute approximate surface area is 343 Å². The number of nitrogens with two attached hydrogens (primary N) is 1. The summed E-state index contributed by atoms with van der Waals surface area (Å²) in [4.78, 5) is 56.8. The lowest BCUT2D eigenvalue weighted by Crippen LogP contribution is -2.38. The van der Waals surface area contributed by atoms with Crippen LogP contribution in [0.1, 0.15) is 82.0 Å². The molecule has 2 aliphatic carbocycles. The zero-order chi connectivity index (χ0) is 41.2. The number of anilines is 2. The fourth-order valence-corrected chi connectivity index (χ4v) is 8.29. The van der Waals surface area contributed by atoms with E-state index < -0.39 is 24.7 Å². The van der Waals surface area contributed by atoms with Crippen LogP contribution in [0.3, 0.4) is 0 Å². The molecule has 0 spiro atoms. The van der Waals surface area contributed by atoms with Crippen LogP contribution in [-0.2, 0) is 37.9 Å². The van der Waals surface area contributed by atoms with Crippen molar-refractivity contribution in [3.05, 3.63) is 107 Å². The van der Waals surface area contributed by atoms with Gasteiger partial charge in [0, 0.05) is 86.0 Å². The van der Waals surface area contributed by atoms with Crippen LogP contribution in [0.2, 0.25) is 0 Å². The molecule has 4 aliphatic rings. The zero-order valence-corrected chi connectivity index (χ0v) is 33.3. The first-order valence-corrected chi connectivity index (χ1v) is 20.5. The van der Waals surface area contributed by atoms with E-state index in [1.54, 1.807) is 12.4 Å². The Hall–Kier alpha value is -5.25. The number of alkyl halides is 2. The van der Waals surface area contributed by atoms with Gasteiger partial charge in [0.15, 0.2) is 11.6 Å². The molecule has 0 radical (unpaired) electrons. The summed E-state index contributed by atoms with van der Waals surface area (Å²) in [6, 6.07) is 17.7. The number of hydrogen-bond donors (Lipinski definition) is 2. The minimum absolute atomic E-state index is 0.0118. The molecule has 312 valence electrons. The number of rotatable bonds is 14. The average Bonchev–Trinajstić information content (AvgIpc) is 3.26. The Bertz CT molecular complexity index is 2010. The molecule has 4 heterocycles. The van der Waals surface area contributed by atoms with Crippen LogP contribution in [0.5, 0.6) is 0 Å². The molecule has 2 saturated heterocycles. The minimum atomic E-state index is -3.15. The van der Waals surface area contributed by atoms with Crippen LogP contribution in [0.15, 0.2) is 73.3 Å². The average molecular weight is 811 g/mol. The number of carbonyl (C=O) groups excluding carboxylic acids is 3. The minimum Gasteiger partial charge on any atom is -0.378 e. The molecule has 4 aromatic rings. The third-order valence-corrected chi connectivity index (χ3v) is 12.2. The molecule has 2 aromatic heterocycles. The smallest absolute Gasteiger partial charge is 0.315 e. The zero-order valence-electron chi connectivity index (χ0n) is 33.3. The van der Waals surface area contributed by atoms with Gasteiger partial charge in [-0.05, 0) is 61.1 Å². The van der Waals surface area contributed by atoms with Crippen molar-refractivity contribution in [1.29, 1.82) is 0 Å². The number of morpholine rings is 2. The van der Waals surface area contributed by atoms with Crippen molar-refractivity contribution in [2.24, 2.45) is 5.73 Å². The van der Waals surface area contributed by atoms with Crippen LogP contribution in [-0.4, -0.2) is 110 Å². The number of amides is 1. The molecule has 2 aromatic carbocycles. The number of hydrogen-bond acceptors (Lipinski definition) is 12. The third kappa shape index (κ3) is 10.1. The molecular formula is C44H52F2N8O5. The van der Waals surface area contributed by atoms with E-state index in [1.165, 1.54) is 41.3 Å². The molecule has 0 bridgehead atoms. The third-order valence-electron chi connectivity index (χ3n) is 12.2. The van der Waals surface area contributed by atoms with E-state index in [4.69, 9.17) is 15.2 Å². The first-order chi connectivity index (χ1) is 28.7. The molecule has 3 N–H and O–H groups in total. The molecule has 8 rings (SSSR count). The van der Waals surface area contributed by atoms with E-state index >= 15 is 0 Å². The van der Waals surface area contributed by atoms with E-state index in [0.29, 0.717) is 17.8 Å². The van der Waals surface area contributed by atoms with Gasteiger partial charge in [-0.3, -0.25) is 14.4 Å². The molecule has 2 saturated carbocycles. The van der Waals surface area contributed by atoms with Crippen molar-refractivity contribution in [3.63, 3.8) is 0 Å². The first-order valence-electron chi connectivity index (χ1n) is 20.5. The summed E-state index contributed by atoms with van der Waals surface area (Å²) in [6.45, 7) is 6.27. The highest BCUT2D eigenvalue weighted by molar-refractivity contribution is 5.99. The molecule has 0 unspecified atom stereocenters. The molecular weight excluding hydrogens is 759 g/mol. The van der Waals surface area contributed by atoms with Crippen molar-refractivity contribution in [2.45, 2.75) is 68.6 Å². The van der Waals surface area contributed by atoms with Crippen molar-refractivity contribution >= 4 is 28.8 Å². The maximum absolute atomic E-state index is 12.2. The predicted molar refractivity (Wildman–Crippen MR) is 218 cm³/mol. The second-order valence-corrected chi connectivity index (χ2v) is 15.8. The SMILES string of the molecule is NCC(=O)c1cnc(CC2(c3ccc(N4CCOCC4)cc3)CCC2)nc1.O=C(CNC(=O)C(F)F)c1cnc(CC2(c3ccc(N4CCOCC4)cc3)CCC2)nc1. The van der Waals surface area contributed by atoms with E-state index in [1.807, 2.05) is 5.32 Å². The Kier molecular flexibility index (Phi) is 13.6. The number of nitrogens with zero attached hydrogens (tertiary/aromatic N) is 6. The lowest BCUT2D eigenvalue weighted by molar-refractivity contribution is -0.131. The molecule has 15 heteroatoms. The maximum atomic E-state index is 12.2. The maximum Gasteiger partial charge on any atom is 0.315 e. The number of ether oxygens (including phenoxy) is 2. The number of carbonyl (C=O) groups is 3. The van der Waals surface area contributed by atoms with E-state index in [-0.39, 0.29) is 28.7 Å². The number of Topliss-reactive ketones (excluding diaryl/α,β-unsaturated/α-hetero) is 2. The van der Waals surface area contributed by atoms with Crippen LogP contribution < -0.4 is 20.9 Å². The van der Waals surface area contributed by atoms with E-state index in [9.17, 15) is 23.2 Å². The van der Waals surface area contributed by atoms with Crippen LogP contribution in [0.4, 0.5) is 20.2 Å². The Morgan fingerprint density at radius 1 is 0.644 bits per heavy atom. The van der Waals surface area contributed by atoms with E-state index in [0.717, 1.165) is 97.0 Å². The lowest BCUT2D eigenvalue weighted by Gasteiger charge is -2.42. The van der Waals surface area contributed by atoms with Crippen molar-refractivity contribution < 1.29 is 32.6 Å². The summed E-state index contributed by atoms with van der Waals surface area (Å²) in [6.07, 6.45) is 11.1. The number of ketones is 2. The van der Waals surface area contributed by atoms with Gasteiger partial charge in [-0.15, -0.1) is 0 Å². The van der Waals surface area contributed by atoms with Gasteiger partial charge in [0.05, 0.1) is 50.6 Å². The molecule has 4 fully saturated rings. The van der Waals surface area contributed by atoms with Crippen molar-refractivity contribution in [2.75, 3.05) is 75.5 Å². The van der Waals surface area contributed by atoms with E-state index in [2.05, 4.69) is 78.3 Å². The molecule has 0 atom stereocenters. The largest absolute Gasteiger partial charge is 0.378 e. The predicted octanol–water partition coefficient (Wildman–Crippen LogP) is 4.66. The molecule has 59 heavy (non-hydrogen) atoms.